The van der Waals surface area contributed by atoms with Gasteiger partial charge in [0, 0.05) is 24.8 Å². The molecule has 6 nitrogen and oxygen atoms in total. The van der Waals surface area contributed by atoms with E-state index in [9.17, 15) is 0 Å². The van der Waals surface area contributed by atoms with Crippen molar-refractivity contribution in [2.75, 3.05) is 19.7 Å². The second kappa shape index (κ2) is 10.5. The summed E-state index contributed by atoms with van der Waals surface area (Å²) < 4.78 is 7.70. The van der Waals surface area contributed by atoms with E-state index in [4.69, 9.17) is 9.73 Å². The number of nitrogens with zero attached hydrogens (tertiary/aromatic N) is 3. The van der Waals surface area contributed by atoms with Gasteiger partial charge in [-0.1, -0.05) is 32.0 Å². The van der Waals surface area contributed by atoms with Crippen LogP contribution in [0.25, 0.3) is 0 Å². The maximum atomic E-state index is 5.72. The minimum Gasteiger partial charge on any atom is -0.492 e. The molecule has 26 heavy (non-hydrogen) atoms. The van der Waals surface area contributed by atoms with Gasteiger partial charge in [-0.15, -0.1) is 0 Å². The second-order valence-corrected chi connectivity index (χ2v) is 5.99. The molecule has 0 unspecified atom stereocenters. The van der Waals surface area contributed by atoms with Gasteiger partial charge in [0.2, 0.25) is 0 Å². The Kier molecular flexibility index (Phi) is 7.99. The lowest BCUT2D eigenvalue weighted by atomic mass is 10.1. The molecule has 0 atom stereocenters. The van der Waals surface area contributed by atoms with E-state index in [2.05, 4.69) is 36.5 Å². The molecule has 1 aromatic carbocycles. The second-order valence-electron chi connectivity index (χ2n) is 5.99. The first-order valence-corrected chi connectivity index (χ1v) is 9.43. The Labute approximate surface area is 156 Å². The van der Waals surface area contributed by atoms with E-state index in [1.54, 1.807) is 0 Å². The molecule has 1 heterocycles. The normalized spacial score (nSPS) is 11.5. The van der Waals surface area contributed by atoms with Crippen molar-refractivity contribution >= 4 is 5.96 Å². The van der Waals surface area contributed by atoms with Gasteiger partial charge in [0.25, 0.3) is 0 Å². The topological polar surface area (TPSA) is 63.5 Å². The average molecular weight is 358 g/mol. The van der Waals surface area contributed by atoms with Crippen LogP contribution in [0.4, 0.5) is 0 Å². The van der Waals surface area contributed by atoms with Crippen molar-refractivity contribution in [2.45, 2.75) is 40.2 Å². The van der Waals surface area contributed by atoms with Crippen molar-refractivity contribution in [3.63, 3.8) is 0 Å². The summed E-state index contributed by atoms with van der Waals surface area (Å²) in [5.74, 6) is 1.68. The molecule has 0 bridgehead atoms. The summed E-state index contributed by atoms with van der Waals surface area (Å²) >= 11 is 0. The van der Waals surface area contributed by atoms with Crippen LogP contribution in [0.15, 0.2) is 35.3 Å². The van der Waals surface area contributed by atoms with E-state index in [0.717, 1.165) is 36.8 Å². The summed E-state index contributed by atoms with van der Waals surface area (Å²) in [6, 6.07) is 9.84. The van der Waals surface area contributed by atoms with Crippen LogP contribution in [-0.2, 0) is 26.4 Å². The number of hydrogen-bond acceptors (Lipinski definition) is 3. The van der Waals surface area contributed by atoms with Gasteiger partial charge >= 0.3 is 0 Å². The maximum Gasteiger partial charge on any atom is 0.191 e. The minimum absolute atomic E-state index is 0.585. The van der Waals surface area contributed by atoms with Gasteiger partial charge in [-0.05, 0) is 31.9 Å². The fraction of sp³-hybridized carbons (Fsp3) is 0.500. The highest BCUT2D eigenvalue weighted by atomic mass is 16.5. The monoisotopic (exact) mass is 357 g/mol. The Morgan fingerprint density at radius 2 is 1.88 bits per heavy atom. The summed E-state index contributed by atoms with van der Waals surface area (Å²) in [5, 5.41) is 11.2. The van der Waals surface area contributed by atoms with E-state index in [0.29, 0.717) is 19.7 Å². The van der Waals surface area contributed by atoms with Gasteiger partial charge in [-0.3, -0.25) is 4.68 Å². The van der Waals surface area contributed by atoms with Gasteiger partial charge in [-0.25, -0.2) is 4.99 Å². The average Bonchev–Trinajstić information content (AvgIpc) is 2.98. The number of nitrogens with one attached hydrogen (secondary N) is 2. The molecular weight excluding hydrogens is 326 g/mol. The zero-order valence-electron chi connectivity index (χ0n) is 16.4. The number of guanidine groups is 1. The molecular formula is C20H31N5O. The molecule has 6 heteroatoms. The number of aryl methyl sites for hydroxylation is 2. The lowest BCUT2D eigenvalue weighted by Crippen LogP contribution is -2.39. The van der Waals surface area contributed by atoms with E-state index >= 15 is 0 Å². The van der Waals surface area contributed by atoms with Crippen molar-refractivity contribution in [3.8, 4) is 5.75 Å². The molecule has 0 aliphatic heterocycles. The number of rotatable bonds is 9. The van der Waals surface area contributed by atoms with Gasteiger partial charge in [-0.2, -0.15) is 5.10 Å². The number of ether oxygens (including phenoxy) is 1. The quantitative estimate of drug-likeness (QED) is 0.411. The Hall–Kier alpha value is -2.50. The molecule has 1 aromatic heterocycles. The van der Waals surface area contributed by atoms with E-state index in [1.807, 2.05) is 42.1 Å². The Bertz CT molecular complexity index is 694. The molecule has 0 amide bonds. The highest BCUT2D eigenvalue weighted by Gasteiger charge is 2.13. The van der Waals surface area contributed by atoms with Crippen LogP contribution in [0, 0.1) is 0 Å². The van der Waals surface area contributed by atoms with E-state index in [1.165, 1.54) is 11.3 Å². The summed E-state index contributed by atoms with van der Waals surface area (Å²) in [4.78, 5) is 4.74. The standard InChI is InChI=1S/C20H31N5O/c1-5-18-17(19(6-2)25(4)24-18)15-23-20(21-7-3)22-13-14-26-16-11-9-8-10-12-16/h8-12H,5-7,13-15H2,1-4H3,(H2,21,22,23). The molecule has 0 aliphatic rings. The summed E-state index contributed by atoms with van der Waals surface area (Å²) in [6.07, 6.45) is 1.89. The molecule has 0 spiro atoms. The van der Waals surface area contributed by atoms with Crippen LogP contribution in [0.2, 0.25) is 0 Å². The number of benzene rings is 1. The highest BCUT2D eigenvalue weighted by molar-refractivity contribution is 5.79. The Morgan fingerprint density at radius 1 is 1.12 bits per heavy atom. The van der Waals surface area contributed by atoms with Crippen molar-refractivity contribution in [2.24, 2.45) is 12.0 Å². The Balaban J connectivity index is 1.94. The first kappa shape index (κ1) is 19.8. The highest BCUT2D eigenvalue weighted by Crippen LogP contribution is 2.16. The van der Waals surface area contributed by atoms with E-state index in [-0.39, 0.29) is 0 Å². The zero-order chi connectivity index (χ0) is 18.8. The van der Waals surface area contributed by atoms with Crippen LogP contribution < -0.4 is 15.4 Å². The SMILES string of the molecule is CCNC(=NCc1c(CC)nn(C)c1CC)NCCOc1ccccc1. The number of hydrogen-bond donors (Lipinski definition) is 2. The van der Waals surface area contributed by atoms with Crippen molar-refractivity contribution in [1.82, 2.24) is 20.4 Å². The van der Waals surface area contributed by atoms with Gasteiger partial charge in [0.1, 0.15) is 12.4 Å². The largest absolute Gasteiger partial charge is 0.492 e. The van der Waals surface area contributed by atoms with Gasteiger partial charge in [0.05, 0.1) is 18.8 Å². The summed E-state index contributed by atoms with van der Waals surface area (Å²) in [5.41, 5.74) is 3.64. The molecule has 0 saturated carbocycles. The van der Waals surface area contributed by atoms with Crippen LogP contribution in [-0.4, -0.2) is 35.4 Å². The third-order valence-electron chi connectivity index (χ3n) is 4.17. The molecule has 2 N–H and O–H groups in total. The molecule has 0 aliphatic carbocycles. The maximum absolute atomic E-state index is 5.72. The molecule has 0 saturated heterocycles. The Morgan fingerprint density at radius 3 is 2.54 bits per heavy atom. The number of para-hydroxylation sites is 1. The molecule has 2 rings (SSSR count). The lowest BCUT2D eigenvalue weighted by molar-refractivity contribution is 0.322. The van der Waals surface area contributed by atoms with Crippen LogP contribution in [0.3, 0.4) is 0 Å². The predicted molar refractivity (Wildman–Crippen MR) is 107 cm³/mol. The number of aliphatic imine (C=N–C) groups is 1. The number of aromatic nitrogens is 2. The fourth-order valence-corrected chi connectivity index (χ4v) is 2.93. The molecule has 0 radical (unpaired) electrons. The predicted octanol–water partition coefficient (Wildman–Crippen LogP) is 2.68. The van der Waals surface area contributed by atoms with Gasteiger partial charge in [0.15, 0.2) is 5.96 Å². The molecule has 0 fully saturated rings. The smallest absolute Gasteiger partial charge is 0.191 e. The van der Waals surface area contributed by atoms with E-state index < -0.39 is 0 Å². The summed E-state index contributed by atoms with van der Waals surface area (Å²) in [6.45, 7) is 9.09. The lowest BCUT2D eigenvalue weighted by Gasteiger charge is -2.12. The molecule has 2 aromatic rings. The third-order valence-corrected chi connectivity index (χ3v) is 4.17. The summed E-state index contributed by atoms with van der Waals surface area (Å²) in [7, 11) is 2.01. The first-order valence-electron chi connectivity index (χ1n) is 9.43. The van der Waals surface area contributed by atoms with Gasteiger partial charge < -0.3 is 15.4 Å². The van der Waals surface area contributed by atoms with Crippen LogP contribution in [0.5, 0.6) is 5.75 Å². The zero-order valence-corrected chi connectivity index (χ0v) is 16.4. The van der Waals surface area contributed by atoms with Crippen molar-refractivity contribution in [3.05, 3.63) is 47.3 Å². The first-order chi connectivity index (χ1) is 12.7. The van der Waals surface area contributed by atoms with Crippen LogP contribution >= 0.6 is 0 Å². The van der Waals surface area contributed by atoms with Crippen molar-refractivity contribution in [1.29, 1.82) is 0 Å². The van der Waals surface area contributed by atoms with Crippen molar-refractivity contribution < 1.29 is 4.74 Å². The third kappa shape index (κ3) is 5.51. The van der Waals surface area contributed by atoms with Crippen LogP contribution in [0.1, 0.15) is 37.7 Å². The minimum atomic E-state index is 0.585. The molecule has 142 valence electrons. The fourth-order valence-electron chi connectivity index (χ4n) is 2.93.